The molecule has 2 aromatic carbocycles. The van der Waals surface area contributed by atoms with Crippen LogP contribution in [0, 0.1) is 0 Å². The molecule has 0 aromatic heterocycles. The molecule has 0 aliphatic carbocycles. The van der Waals surface area contributed by atoms with Crippen molar-refractivity contribution < 1.29 is 4.74 Å². The Balaban J connectivity index is 2.05. The summed E-state index contributed by atoms with van der Waals surface area (Å²) in [4.78, 5) is 0. The van der Waals surface area contributed by atoms with E-state index in [4.69, 9.17) is 4.74 Å². The lowest BCUT2D eigenvalue weighted by atomic mass is 10.2. The molecule has 0 aliphatic rings. The maximum atomic E-state index is 5.66. The Hall–Kier alpha value is -0.800. The molecule has 0 atom stereocenters. The van der Waals surface area contributed by atoms with Crippen LogP contribution in [0.2, 0.25) is 0 Å². The van der Waals surface area contributed by atoms with Crippen molar-refractivity contribution in [3.63, 3.8) is 0 Å². The Bertz CT molecular complexity index is 448. The standard InChI is InChI=1S/C13H10Br2O/c14-11-6-10(7-12(15)8-11)9-16-13-4-2-1-3-5-13/h1-8H,9H2. The molecule has 0 amide bonds. The van der Waals surface area contributed by atoms with E-state index in [9.17, 15) is 0 Å². The van der Waals surface area contributed by atoms with Gasteiger partial charge in [-0.15, -0.1) is 0 Å². The van der Waals surface area contributed by atoms with Crippen molar-refractivity contribution in [2.24, 2.45) is 0 Å². The van der Waals surface area contributed by atoms with Gasteiger partial charge in [0.15, 0.2) is 0 Å². The third-order valence-corrected chi connectivity index (χ3v) is 2.99. The Morgan fingerprint density at radius 2 is 1.50 bits per heavy atom. The average Bonchev–Trinajstić information content (AvgIpc) is 2.27. The topological polar surface area (TPSA) is 9.23 Å². The predicted molar refractivity (Wildman–Crippen MR) is 72.6 cm³/mol. The van der Waals surface area contributed by atoms with Gasteiger partial charge in [-0.1, -0.05) is 50.1 Å². The maximum absolute atomic E-state index is 5.66. The highest BCUT2D eigenvalue weighted by atomic mass is 79.9. The van der Waals surface area contributed by atoms with Crippen LogP contribution in [0.15, 0.2) is 57.5 Å². The summed E-state index contributed by atoms with van der Waals surface area (Å²) in [6, 6.07) is 15.9. The quantitative estimate of drug-likeness (QED) is 0.779. The molecule has 0 N–H and O–H groups in total. The second-order valence-electron chi connectivity index (χ2n) is 3.38. The first-order chi connectivity index (χ1) is 7.74. The largest absolute Gasteiger partial charge is 0.489 e. The van der Waals surface area contributed by atoms with Gasteiger partial charge in [0, 0.05) is 8.95 Å². The Labute approximate surface area is 112 Å². The molecule has 16 heavy (non-hydrogen) atoms. The molecular weight excluding hydrogens is 332 g/mol. The fourth-order valence-electron chi connectivity index (χ4n) is 1.38. The van der Waals surface area contributed by atoms with Gasteiger partial charge < -0.3 is 4.74 Å². The van der Waals surface area contributed by atoms with E-state index in [1.165, 1.54) is 0 Å². The van der Waals surface area contributed by atoms with E-state index in [0.717, 1.165) is 20.3 Å². The number of halogens is 2. The molecule has 0 unspecified atom stereocenters. The Kier molecular flexibility index (Phi) is 4.02. The summed E-state index contributed by atoms with van der Waals surface area (Å²) in [7, 11) is 0. The summed E-state index contributed by atoms with van der Waals surface area (Å²) in [6.07, 6.45) is 0. The van der Waals surface area contributed by atoms with E-state index < -0.39 is 0 Å². The molecule has 0 fully saturated rings. The van der Waals surface area contributed by atoms with Gasteiger partial charge in [0.1, 0.15) is 12.4 Å². The van der Waals surface area contributed by atoms with Crippen molar-refractivity contribution in [3.05, 3.63) is 63.0 Å². The summed E-state index contributed by atoms with van der Waals surface area (Å²) < 4.78 is 7.76. The minimum Gasteiger partial charge on any atom is -0.489 e. The molecule has 0 saturated heterocycles. The van der Waals surface area contributed by atoms with Crippen molar-refractivity contribution in [2.75, 3.05) is 0 Å². The molecule has 1 nitrogen and oxygen atoms in total. The first-order valence-corrected chi connectivity index (χ1v) is 6.45. The third kappa shape index (κ3) is 3.35. The molecule has 0 heterocycles. The molecule has 82 valence electrons. The lowest BCUT2D eigenvalue weighted by Crippen LogP contribution is -1.95. The summed E-state index contributed by atoms with van der Waals surface area (Å²) in [5, 5.41) is 0. The predicted octanol–water partition coefficient (Wildman–Crippen LogP) is 4.79. The van der Waals surface area contributed by atoms with Crippen LogP contribution in [0.3, 0.4) is 0 Å². The van der Waals surface area contributed by atoms with Crippen LogP contribution in [0.1, 0.15) is 5.56 Å². The average molecular weight is 342 g/mol. The van der Waals surface area contributed by atoms with Crippen LogP contribution in [0.4, 0.5) is 0 Å². The number of ether oxygens (including phenoxy) is 1. The van der Waals surface area contributed by atoms with Gasteiger partial charge in [-0.05, 0) is 35.9 Å². The van der Waals surface area contributed by atoms with Crippen molar-refractivity contribution in [2.45, 2.75) is 6.61 Å². The molecular formula is C13H10Br2O. The molecule has 0 bridgehead atoms. The number of benzene rings is 2. The summed E-state index contributed by atoms with van der Waals surface area (Å²) in [6.45, 7) is 0.571. The highest BCUT2D eigenvalue weighted by Gasteiger charge is 1.99. The molecule has 3 heteroatoms. The minimum absolute atomic E-state index is 0.571. The van der Waals surface area contributed by atoms with E-state index in [2.05, 4.69) is 31.9 Å². The summed E-state index contributed by atoms with van der Waals surface area (Å²) in [5.74, 6) is 0.888. The van der Waals surface area contributed by atoms with Gasteiger partial charge in [-0.2, -0.15) is 0 Å². The monoisotopic (exact) mass is 340 g/mol. The molecule has 0 radical (unpaired) electrons. The van der Waals surface area contributed by atoms with E-state index in [-0.39, 0.29) is 0 Å². The first-order valence-electron chi connectivity index (χ1n) is 4.87. The number of hydrogen-bond acceptors (Lipinski definition) is 1. The molecule has 0 saturated carbocycles. The molecule has 2 rings (SSSR count). The lowest BCUT2D eigenvalue weighted by molar-refractivity contribution is 0.306. The second-order valence-corrected chi connectivity index (χ2v) is 5.21. The highest BCUT2D eigenvalue weighted by molar-refractivity contribution is 9.11. The van der Waals surface area contributed by atoms with Gasteiger partial charge in [0.2, 0.25) is 0 Å². The van der Waals surface area contributed by atoms with Crippen molar-refractivity contribution in [1.82, 2.24) is 0 Å². The van der Waals surface area contributed by atoms with E-state index in [0.29, 0.717) is 6.61 Å². The summed E-state index contributed by atoms with van der Waals surface area (Å²) >= 11 is 6.91. The molecule has 0 spiro atoms. The number of hydrogen-bond donors (Lipinski definition) is 0. The van der Waals surface area contributed by atoms with Crippen LogP contribution in [-0.4, -0.2) is 0 Å². The van der Waals surface area contributed by atoms with Crippen LogP contribution < -0.4 is 4.74 Å². The van der Waals surface area contributed by atoms with Crippen LogP contribution in [0.25, 0.3) is 0 Å². The smallest absolute Gasteiger partial charge is 0.119 e. The SMILES string of the molecule is Brc1cc(Br)cc(COc2ccccc2)c1. The Morgan fingerprint density at radius 1 is 0.875 bits per heavy atom. The fourth-order valence-corrected chi connectivity index (χ4v) is 2.77. The maximum Gasteiger partial charge on any atom is 0.119 e. The highest BCUT2D eigenvalue weighted by Crippen LogP contribution is 2.21. The first kappa shape index (κ1) is 11.7. The zero-order valence-electron chi connectivity index (χ0n) is 8.49. The van der Waals surface area contributed by atoms with Gasteiger partial charge >= 0.3 is 0 Å². The van der Waals surface area contributed by atoms with Crippen LogP contribution >= 0.6 is 31.9 Å². The van der Waals surface area contributed by atoms with Crippen LogP contribution in [-0.2, 0) is 6.61 Å². The number of rotatable bonds is 3. The molecule has 0 aliphatic heterocycles. The minimum atomic E-state index is 0.571. The van der Waals surface area contributed by atoms with Gasteiger partial charge in [-0.25, -0.2) is 0 Å². The zero-order valence-corrected chi connectivity index (χ0v) is 11.7. The van der Waals surface area contributed by atoms with Gasteiger partial charge in [0.25, 0.3) is 0 Å². The lowest BCUT2D eigenvalue weighted by Gasteiger charge is -2.06. The van der Waals surface area contributed by atoms with Crippen molar-refractivity contribution in [1.29, 1.82) is 0 Å². The Morgan fingerprint density at radius 3 is 2.12 bits per heavy atom. The van der Waals surface area contributed by atoms with E-state index in [1.807, 2.05) is 48.5 Å². The van der Waals surface area contributed by atoms with Gasteiger partial charge in [0.05, 0.1) is 0 Å². The third-order valence-electron chi connectivity index (χ3n) is 2.07. The normalized spacial score (nSPS) is 10.1. The van der Waals surface area contributed by atoms with E-state index >= 15 is 0 Å². The number of para-hydroxylation sites is 1. The second kappa shape index (κ2) is 5.51. The van der Waals surface area contributed by atoms with Crippen LogP contribution in [0.5, 0.6) is 5.75 Å². The van der Waals surface area contributed by atoms with E-state index in [1.54, 1.807) is 0 Å². The van der Waals surface area contributed by atoms with Gasteiger partial charge in [-0.3, -0.25) is 0 Å². The van der Waals surface area contributed by atoms with Crippen molar-refractivity contribution >= 4 is 31.9 Å². The van der Waals surface area contributed by atoms with Crippen molar-refractivity contribution in [3.8, 4) is 5.75 Å². The molecule has 2 aromatic rings. The summed E-state index contributed by atoms with van der Waals surface area (Å²) in [5.41, 5.74) is 1.13. The fraction of sp³-hybridized carbons (Fsp3) is 0.0769. The zero-order chi connectivity index (χ0) is 11.4.